The molecule has 0 aliphatic rings. The second-order valence-corrected chi connectivity index (χ2v) is 4.94. The second-order valence-electron chi connectivity index (χ2n) is 4.94. The lowest BCUT2D eigenvalue weighted by atomic mass is 10.2. The summed E-state index contributed by atoms with van der Waals surface area (Å²) in [4.78, 5) is 6.73. The van der Waals surface area contributed by atoms with Gasteiger partial charge in [0.25, 0.3) is 0 Å². The molecule has 0 bridgehead atoms. The average molecular weight is 296 g/mol. The number of nitrogens with zero attached hydrogens (tertiary/aromatic N) is 5. The van der Waals surface area contributed by atoms with Crippen molar-refractivity contribution >= 4 is 17.5 Å². The first-order valence-electron chi connectivity index (χ1n) is 7.48. The molecule has 1 heterocycles. The first-order valence-corrected chi connectivity index (χ1v) is 7.48. The van der Waals surface area contributed by atoms with Crippen LogP contribution in [0.5, 0.6) is 0 Å². The maximum Gasteiger partial charge on any atom is 0.249 e. The fraction of sp³-hybridized carbons (Fsp3) is 0.375. The Morgan fingerprint density at radius 1 is 1.14 bits per heavy atom. The normalized spacial score (nSPS) is 10.0. The van der Waals surface area contributed by atoms with E-state index in [4.69, 9.17) is 5.26 Å². The van der Waals surface area contributed by atoms with Gasteiger partial charge in [-0.3, -0.25) is 0 Å². The molecule has 0 spiro atoms. The average Bonchev–Trinajstić information content (AvgIpc) is 2.56. The van der Waals surface area contributed by atoms with Crippen LogP contribution in [-0.4, -0.2) is 28.3 Å². The number of nitriles is 1. The van der Waals surface area contributed by atoms with Gasteiger partial charge < -0.3 is 10.2 Å². The lowest BCUT2D eigenvalue weighted by Crippen LogP contribution is -2.26. The Kier molecular flexibility index (Phi) is 5.66. The Bertz CT molecular complexity index is 626. The summed E-state index contributed by atoms with van der Waals surface area (Å²) in [6.45, 7) is 6.19. The van der Waals surface area contributed by atoms with Crippen molar-refractivity contribution in [2.45, 2.75) is 26.7 Å². The molecule has 1 N–H and O–H groups in total. The molecular formula is C16H20N6. The summed E-state index contributed by atoms with van der Waals surface area (Å²) in [7, 11) is 0. The quantitative estimate of drug-likeness (QED) is 0.846. The molecule has 22 heavy (non-hydrogen) atoms. The van der Waals surface area contributed by atoms with E-state index in [0.717, 1.165) is 37.4 Å². The van der Waals surface area contributed by atoms with E-state index in [0.29, 0.717) is 11.5 Å². The number of hydrogen-bond donors (Lipinski definition) is 1. The summed E-state index contributed by atoms with van der Waals surface area (Å²) >= 11 is 0. The first kappa shape index (κ1) is 15.7. The zero-order chi connectivity index (χ0) is 15.8. The summed E-state index contributed by atoms with van der Waals surface area (Å²) in [5.41, 5.74) is 1.45. The molecule has 0 amide bonds. The van der Waals surface area contributed by atoms with Gasteiger partial charge in [-0.05, 0) is 37.1 Å². The zero-order valence-electron chi connectivity index (χ0n) is 13.0. The predicted octanol–water partition coefficient (Wildman–Crippen LogP) is 3.11. The first-order chi connectivity index (χ1) is 10.8. The second kappa shape index (κ2) is 7.93. The number of benzene rings is 1. The Labute approximate surface area is 130 Å². The third kappa shape index (κ3) is 4.16. The van der Waals surface area contributed by atoms with E-state index < -0.39 is 0 Å². The molecule has 0 radical (unpaired) electrons. The van der Waals surface area contributed by atoms with Crippen molar-refractivity contribution in [3.63, 3.8) is 0 Å². The van der Waals surface area contributed by atoms with Gasteiger partial charge in [0.1, 0.15) is 0 Å². The minimum Gasteiger partial charge on any atom is -0.355 e. The third-order valence-electron chi connectivity index (χ3n) is 3.13. The summed E-state index contributed by atoms with van der Waals surface area (Å²) in [6.07, 6.45) is 3.81. The molecule has 0 aliphatic heterocycles. The van der Waals surface area contributed by atoms with Crippen LogP contribution < -0.4 is 10.2 Å². The van der Waals surface area contributed by atoms with Crippen molar-refractivity contribution in [3.8, 4) is 6.07 Å². The maximum atomic E-state index is 8.81. The van der Waals surface area contributed by atoms with E-state index in [2.05, 4.69) is 45.3 Å². The van der Waals surface area contributed by atoms with Crippen molar-refractivity contribution in [3.05, 3.63) is 36.0 Å². The lowest BCUT2D eigenvalue weighted by molar-refractivity contribution is 0.728. The minimum atomic E-state index is 0.458. The minimum absolute atomic E-state index is 0.458. The maximum absolute atomic E-state index is 8.81. The van der Waals surface area contributed by atoms with Crippen LogP contribution in [0.3, 0.4) is 0 Å². The SMILES string of the molecule is CCCN(CCC)c1cnnc(Nc2ccc(C#N)cc2)n1. The standard InChI is InChI=1S/C16H20N6/c1-3-9-22(10-4-2)15-12-18-21-16(20-15)19-14-7-5-13(11-17)6-8-14/h5-8,12H,3-4,9-10H2,1-2H3,(H,19,20,21). The predicted molar refractivity (Wildman–Crippen MR) is 87.1 cm³/mol. The highest BCUT2D eigenvalue weighted by Crippen LogP contribution is 2.16. The number of aromatic nitrogens is 3. The highest BCUT2D eigenvalue weighted by molar-refractivity contribution is 5.55. The van der Waals surface area contributed by atoms with Gasteiger partial charge in [-0.1, -0.05) is 13.8 Å². The van der Waals surface area contributed by atoms with Crippen LogP contribution in [0.1, 0.15) is 32.3 Å². The summed E-state index contributed by atoms with van der Waals surface area (Å²) < 4.78 is 0. The molecule has 0 saturated carbocycles. The fourth-order valence-corrected chi connectivity index (χ4v) is 2.14. The molecule has 0 unspecified atom stereocenters. The van der Waals surface area contributed by atoms with Crippen molar-refractivity contribution in [1.82, 2.24) is 15.2 Å². The molecule has 1 aromatic heterocycles. The monoisotopic (exact) mass is 296 g/mol. The molecule has 6 nitrogen and oxygen atoms in total. The molecule has 0 saturated heterocycles. The zero-order valence-corrected chi connectivity index (χ0v) is 13.0. The number of rotatable bonds is 7. The van der Waals surface area contributed by atoms with Crippen LogP contribution in [0.15, 0.2) is 30.5 Å². The Balaban J connectivity index is 2.14. The van der Waals surface area contributed by atoms with Crippen LogP contribution in [0.2, 0.25) is 0 Å². The summed E-state index contributed by atoms with van der Waals surface area (Å²) in [5, 5.41) is 20.0. The van der Waals surface area contributed by atoms with E-state index in [1.165, 1.54) is 0 Å². The van der Waals surface area contributed by atoms with Gasteiger partial charge in [-0.15, -0.1) is 5.10 Å². The van der Waals surface area contributed by atoms with Gasteiger partial charge in [0, 0.05) is 18.8 Å². The molecule has 2 aromatic rings. The van der Waals surface area contributed by atoms with Crippen molar-refractivity contribution < 1.29 is 0 Å². The van der Waals surface area contributed by atoms with Crippen LogP contribution in [-0.2, 0) is 0 Å². The van der Waals surface area contributed by atoms with E-state index in [1.54, 1.807) is 18.3 Å². The van der Waals surface area contributed by atoms with Crippen molar-refractivity contribution in [2.24, 2.45) is 0 Å². The molecule has 0 fully saturated rings. The molecule has 2 rings (SSSR count). The van der Waals surface area contributed by atoms with E-state index in [1.807, 2.05) is 12.1 Å². The fourth-order valence-electron chi connectivity index (χ4n) is 2.14. The highest BCUT2D eigenvalue weighted by atomic mass is 15.3. The molecule has 0 aliphatic carbocycles. The largest absolute Gasteiger partial charge is 0.355 e. The van der Waals surface area contributed by atoms with Crippen LogP contribution in [0.4, 0.5) is 17.5 Å². The van der Waals surface area contributed by atoms with E-state index >= 15 is 0 Å². The van der Waals surface area contributed by atoms with Crippen molar-refractivity contribution in [2.75, 3.05) is 23.3 Å². The summed E-state index contributed by atoms with van der Waals surface area (Å²) in [6, 6.07) is 9.24. The van der Waals surface area contributed by atoms with Gasteiger partial charge in [-0.25, -0.2) is 0 Å². The molecular weight excluding hydrogens is 276 g/mol. The summed E-state index contributed by atoms with van der Waals surface area (Å²) in [5.74, 6) is 1.29. The smallest absolute Gasteiger partial charge is 0.249 e. The van der Waals surface area contributed by atoms with Gasteiger partial charge in [0.05, 0.1) is 17.8 Å². The topological polar surface area (TPSA) is 77.7 Å². The van der Waals surface area contributed by atoms with E-state index in [-0.39, 0.29) is 0 Å². The van der Waals surface area contributed by atoms with Crippen LogP contribution in [0, 0.1) is 11.3 Å². The number of anilines is 3. The molecule has 6 heteroatoms. The molecule has 114 valence electrons. The van der Waals surface area contributed by atoms with Crippen LogP contribution >= 0.6 is 0 Å². The van der Waals surface area contributed by atoms with Gasteiger partial charge in [-0.2, -0.15) is 15.3 Å². The Morgan fingerprint density at radius 3 is 2.41 bits per heavy atom. The van der Waals surface area contributed by atoms with Gasteiger partial charge in [0.15, 0.2) is 5.82 Å². The lowest BCUT2D eigenvalue weighted by Gasteiger charge is -2.22. The Morgan fingerprint density at radius 2 is 1.82 bits per heavy atom. The van der Waals surface area contributed by atoms with Gasteiger partial charge in [0.2, 0.25) is 5.95 Å². The Hall–Kier alpha value is -2.68. The van der Waals surface area contributed by atoms with Gasteiger partial charge >= 0.3 is 0 Å². The number of nitrogens with one attached hydrogen (secondary N) is 1. The van der Waals surface area contributed by atoms with Crippen molar-refractivity contribution in [1.29, 1.82) is 5.26 Å². The molecule has 1 aromatic carbocycles. The highest BCUT2D eigenvalue weighted by Gasteiger charge is 2.08. The molecule has 0 atom stereocenters. The van der Waals surface area contributed by atoms with Crippen LogP contribution in [0.25, 0.3) is 0 Å². The number of hydrogen-bond acceptors (Lipinski definition) is 6. The van der Waals surface area contributed by atoms with E-state index in [9.17, 15) is 0 Å². The third-order valence-corrected chi connectivity index (χ3v) is 3.13.